The zero-order valence-corrected chi connectivity index (χ0v) is 18.9. The van der Waals surface area contributed by atoms with Crippen LogP contribution in [0.5, 0.6) is 0 Å². The Morgan fingerprint density at radius 1 is 1.03 bits per heavy atom. The second-order valence-electron chi connectivity index (χ2n) is 9.45. The van der Waals surface area contributed by atoms with Crippen molar-refractivity contribution in [3.63, 3.8) is 0 Å². The summed E-state index contributed by atoms with van der Waals surface area (Å²) in [5.41, 5.74) is 14.3. The minimum atomic E-state index is -0.203. The Hall–Kier alpha value is -3.18. The Morgan fingerprint density at radius 2 is 1.72 bits per heavy atom. The number of aromatic nitrogens is 2. The topological polar surface area (TPSA) is 75.3 Å². The first kappa shape index (κ1) is 20.7. The van der Waals surface area contributed by atoms with Crippen LogP contribution in [0.1, 0.15) is 37.5 Å². The van der Waals surface area contributed by atoms with Gasteiger partial charge in [0.15, 0.2) is 0 Å². The van der Waals surface area contributed by atoms with Crippen molar-refractivity contribution in [2.75, 3.05) is 23.7 Å². The number of allylic oxidation sites excluding steroid dienone is 2. The number of anilines is 2. The summed E-state index contributed by atoms with van der Waals surface area (Å²) in [5, 5.41) is 9.78. The molecular formula is C27H30N4O. The number of nitrogens with two attached hydrogens (primary N) is 1. The molecule has 1 saturated heterocycles. The molecule has 1 fully saturated rings. The van der Waals surface area contributed by atoms with Crippen LogP contribution in [0, 0.1) is 5.92 Å². The zero-order chi connectivity index (χ0) is 22.5. The first-order valence-corrected chi connectivity index (χ1v) is 11.3. The lowest BCUT2D eigenvalue weighted by Gasteiger charge is -2.40. The molecule has 2 aliphatic rings. The first-order valence-electron chi connectivity index (χ1n) is 11.3. The van der Waals surface area contributed by atoms with Crippen LogP contribution in [0.25, 0.3) is 16.7 Å². The van der Waals surface area contributed by atoms with Crippen molar-refractivity contribution in [1.82, 2.24) is 9.97 Å². The van der Waals surface area contributed by atoms with Crippen molar-refractivity contribution in [3.8, 4) is 11.1 Å². The minimum Gasteiger partial charge on any atom is -0.389 e. The summed E-state index contributed by atoms with van der Waals surface area (Å²) >= 11 is 0. The molecule has 1 aromatic heterocycles. The molecule has 0 radical (unpaired) electrons. The first-order chi connectivity index (χ1) is 15.4. The lowest BCUT2D eigenvalue weighted by molar-refractivity contribution is 0.142. The molecule has 164 valence electrons. The summed E-state index contributed by atoms with van der Waals surface area (Å²) in [5.74, 6) is 0.705. The Morgan fingerprint density at radius 3 is 2.34 bits per heavy atom. The summed E-state index contributed by atoms with van der Waals surface area (Å²) in [6.07, 6.45) is 6.68. The van der Waals surface area contributed by atoms with Crippen molar-refractivity contribution in [1.29, 1.82) is 0 Å². The molecule has 1 atom stereocenters. The number of β-amino-alcohol motifs (C(OH)–C–C–N with tert-alkyl or cyclic N) is 1. The van der Waals surface area contributed by atoms with E-state index in [2.05, 4.69) is 84.2 Å². The largest absolute Gasteiger partial charge is 0.389 e. The van der Waals surface area contributed by atoms with Crippen LogP contribution in [0.3, 0.4) is 0 Å². The van der Waals surface area contributed by atoms with E-state index in [9.17, 15) is 5.11 Å². The number of fused-ring (bicyclic) bond motifs is 1. The average molecular weight is 427 g/mol. The van der Waals surface area contributed by atoms with Gasteiger partial charge in [0.1, 0.15) is 0 Å². The summed E-state index contributed by atoms with van der Waals surface area (Å²) < 4.78 is 0. The monoisotopic (exact) mass is 426 g/mol. The van der Waals surface area contributed by atoms with Gasteiger partial charge in [0.25, 0.3) is 0 Å². The van der Waals surface area contributed by atoms with Crippen LogP contribution < -0.4 is 10.6 Å². The number of aliphatic hydroxyl groups is 1. The normalized spacial score (nSPS) is 17.7. The maximum absolute atomic E-state index is 9.78. The molecule has 5 heteroatoms. The predicted molar refractivity (Wildman–Crippen MR) is 130 cm³/mol. The van der Waals surface area contributed by atoms with Gasteiger partial charge >= 0.3 is 0 Å². The molecule has 3 aromatic rings. The Balaban J connectivity index is 1.51. The van der Waals surface area contributed by atoms with Crippen LogP contribution in [0.2, 0.25) is 0 Å². The zero-order valence-electron chi connectivity index (χ0n) is 18.9. The van der Waals surface area contributed by atoms with Gasteiger partial charge in [-0.1, -0.05) is 63.2 Å². The molecule has 2 aromatic carbocycles. The Kier molecular flexibility index (Phi) is 5.01. The smallest absolute Gasteiger partial charge is 0.219 e. The van der Waals surface area contributed by atoms with Gasteiger partial charge < -0.3 is 15.7 Å². The Labute approximate surface area is 189 Å². The van der Waals surface area contributed by atoms with Crippen LogP contribution in [0.15, 0.2) is 60.9 Å². The highest BCUT2D eigenvalue weighted by Crippen LogP contribution is 2.49. The maximum atomic E-state index is 9.78. The molecule has 5 rings (SSSR count). The van der Waals surface area contributed by atoms with E-state index < -0.39 is 0 Å². The molecule has 2 heterocycles. The van der Waals surface area contributed by atoms with Gasteiger partial charge in [-0.15, -0.1) is 0 Å². The predicted octanol–water partition coefficient (Wildman–Crippen LogP) is 4.46. The molecule has 0 saturated carbocycles. The third-order valence-electron chi connectivity index (χ3n) is 7.36. The molecule has 0 spiro atoms. The molecule has 0 bridgehead atoms. The number of rotatable bonds is 5. The van der Waals surface area contributed by atoms with Crippen molar-refractivity contribution < 1.29 is 5.11 Å². The van der Waals surface area contributed by atoms with Gasteiger partial charge in [-0.3, -0.25) is 0 Å². The lowest BCUT2D eigenvalue weighted by Crippen LogP contribution is -2.51. The highest BCUT2D eigenvalue weighted by molar-refractivity contribution is 5.85. The second kappa shape index (κ2) is 7.75. The van der Waals surface area contributed by atoms with Crippen LogP contribution in [0.4, 0.5) is 11.6 Å². The van der Waals surface area contributed by atoms with Gasteiger partial charge in [0.05, 0.1) is 6.10 Å². The number of benzene rings is 2. The maximum Gasteiger partial charge on any atom is 0.219 e. The standard InChI is InChI=1S/C27H30N4O/c1-17(2)27(3,20-9-7-18(8-10-20)19-13-29-26(28)30-14-19)24-12-11-23-22(24)5-4-6-25(23)31-15-21(32)16-31/h4-10,12-14,17,21,32H,11,15-16H2,1-3H3,(H2,28,29,30). The van der Waals surface area contributed by atoms with Crippen LogP contribution in [-0.4, -0.2) is 34.3 Å². The minimum absolute atomic E-state index is 0.117. The summed E-state index contributed by atoms with van der Waals surface area (Å²) in [7, 11) is 0. The van der Waals surface area contributed by atoms with Gasteiger partial charge in [0.2, 0.25) is 5.95 Å². The summed E-state index contributed by atoms with van der Waals surface area (Å²) in [4.78, 5) is 10.5. The lowest BCUT2D eigenvalue weighted by atomic mass is 9.66. The van der Waals surface area contributed by atoms with E-state index in [-0.39, 0.29) is 17.5 Å². The number of nitrogens with zero attached hydrogens (tertiary/aromatic N) is 3. The van der Waals surface area contributed by atoms with E-state index in [1.807, 2.05) is 0 Å². The number of nitrogen functional groups attached to an aromatic ring is 1. The van der Waals surface area contributed by atoms with Crippen LogP contribution >= 0.6 is 0 Å². The van der Waals surface area contributed by atoms with E-state index >= 15 is 0 Å². The fourth-order valence-corrected chi connectivity index (χ4v) is 5.09. The fourth-order valence-electron chi connectivity index (χ4n) is 5.09. The van der Waals surface area contributed by atoms with E-state index in [0.717, 1.165) is 30.6 Å². The third-order valence-corrected chi connectivity index (χ3v) is 7.36. The average Bonchev–Trinajstić information content (AvgIpc) is 3.22. The van der Waals surface area contributed by atoms with Gasteiger partial charge in [-0.2, -0.15) is 0 Å². The molecule has 0 amide bonds. The van der Waals surface area contributed by atoms with Gasteiger partial charge in [0, 0.05) is 42.1 Å². The third kappa shape index (κ3) is 3.28. The molecule has 1 aliphatic heterocycles. The number of aliphatic hydroxyl groups excluding tert-OH is 1. The Bertz CT molecular complexity index is 1160. The highest BCUT2D eigenvalue weighted by Gasteiger charge is 2.39. The summed E-state index contributed by atoms with van der Waals surface area (Å²) in [6, 6.07) is 15.4. The van der Waals surface area contributed by atoms with Gasteiger partial charge in [-0.05, 0) is 46.2 Å². The molecule has 32 heavy (non-hydrogen) atoms. The van der Waals surface area contributed by atoms with E-state index in [0.29, 0.717) is 5.92 Å². The van der Waals surface area contributed by atoms with Crippen molar-refractivity contribution in [2.45, 2.75) is 38.7 Å². The molecule has 1 unspecified atom stereocenters. The fraction of sp³-hybridized carbons (Fsp3) is 0.333. The summed E-state index contributed by atoms with van der Waals surface area (Å²) in [6.45, 7) is 8.42. The molecular weight excluding hydrogens is 396 g/mol. The number of hydrogen-bond acceptors (Lipinski definition) is 5. The highest BCUT2D eigenvalue weighted by atomic mass is 16.3. The van der Waals surface area contributed by atoms with Crippen molar-refractivity contribution in [3.05, 3.63) is 77.6 Å². The SMILES string of the molecule is CC(C)C(C)(C1=CCc2c1cccc2N1CC(O)C1)c1ccc(-c2cnc(N)nc2)cc1. The van der Waals surface area contributed by atoms with Crippen molar-refractivity contribution >= 4 is 17.2 Å². The van der Waals surface area contributed by atoms with E-state index in [1.165, 1.54) is 28.0 Å². The molecule has 5 nitrogen and oxygen atoms in total. The van der Waals surface area contributed by atoms with Crippen molar-refractivity contribution in [2.24, 2.45) is 5.92 Å². The van der Waals surface area contributed by atoms with E-state index in [1.54, 1.807) is 12.4 Å². The quantitative estimate of drug-likeness (QED) is 0.630. The second-order valence-corrected chi connectivity index (χ2v) is 9.45. The number of hydrogen-bond donors (Lipinski definition) is 2. The molecule has 3 N–H and O–H groups in total. The van der Waals surface area contributed by atoms with Gasteiger partial charge in [-0.25, -0.2) is 9.97 Å². The molecule has 1 aliphatic carbocycles. The van der Waals surface area contributed by atoms with Crippen LogP contribution in [-0.2, 0) is 11.8 Å². The van der Waals surface area contributed by atoms with E-state index in [4.69, 9.17) is 5.73 Å².